The minimum atomic E-state index is -0.263. The van der Waals surface area contributed by atoms with Gasteiger partial charge in [-0.1, -0.05) is 12.1 Å². The van der Waals surface area contributed by atoms with E-state index in [2.05, 4.69) is 31.2 Å². The standard InChI is InChI=1S/C27H20FN5O/c1-15-5-17(7-19(28)6-15)23-13-30-14-26-21(23)10-25(31-26)27-22-9-16(3-4-24(22)32-33-27)18-8-20(34-2)12-29-11-18/h3-14,31H,1-2H3,(H,32,33). The Kier molecular flexibility index (Phi) is 4.62. The van der Waals surface area contributed by atoms with E-state index in [4.69, 9.17) is 4.74 Å². The van der Waals surface area contributed by atoms with Crippen LogP contribution in [0.25, 0.3) is 55.4 Å². The molecule has 2 N–H and O–H groups in total. The van der Waals surface area contributed by atoms with Gasteiger partial charge in [0.25, 0.3) is 0 Å². The highest BCUT2D eigenvalue weighted by Crippen LogP contribution is 2.35. The Morgan fingerprint density at radius 3 is 2.53 bits per heavy atom. The van der Waals surface area contributed by atoms with Gasteiger partial charge in [-0.05, 0) is 60.0 Å². The first-order valence-corrected chi connectivity index (χ1v) is 10.8. The molecule has 166 valence electrons. The molecule has 34 heavy (non-hydrogen) atoms. The number of nitrogens with one attached hydrogen (secondary N) is 2. The van der Waals surface area contributed by atoms with E-state index in [1.54, 1.807) is 25.7 Å². The maximum atomic E-state index is 14.1. The van der Waals surface area contributed by atoms with Gasteiger partial charge >= 0.3 is 0 Å². The number of ether oxygens (including phenoxy) is 1. The van der Waals surface area contributed by atoms with Crippen LogP contribution in [0.5, 0.6) is 5.75 Å². The zero-order chi connectivity index (χ0) is 23.2. The Morgan fingerprint density at radius 1 is 0.794 bits per heavy atom. The van der Waals surface area contributed by atoms with Crippen LogP contribution in [0.3, 0.4) is 0 Å². The first-order valence-electron chi connectivity index (χ1n) is 10.8. The average molecular weight is 449 g/mol. The van der Waals surface area contributed by atoms with Gasteiger partial charge in [0.1, 0.15) is 17.3 Å². The molecule has 0 amide bonds. The number of aromatic nitrogens is 5. The van der Waals surface area contributed by atoms with Gasteiger partial charge in [-0.25, -0.2) is 4.39 Å². The molecule has 2 aromatic carbocycles. The van der Waals surface area contributed by atoms with Crippen molar-refractivity contribution in [3.8, 4) is 39.4 Å². The van der Waals surface area contributed by atoms with Crippen molar-refractivity contribution in [3.63, 3.8) is 0 Å². The molecule has 4 aromatic heterocycles. The molecule has 7 heteroatoms. The van der Waals surface area contributed by atoms with E-state index < -0.39 is 0 Å². The Hall–Kier alpha value is -4.52. The van der Waals surface area contributed by atoms with Gasteiger partial charge in [-0.2, -0.15) is 5.10 Å². The Morgan fingerprint density at radius 2 is 1.68 bits per heavy atom. The number of hydrogen-bond acceptors (Lipinski definition) is 4. The van der Waals surface area contributed by atoms with Crippen LogP contribution >= 0.6 is 0 Å². The summed E-state index contributed by atoms with van der Waals surface area (Å²) in [6, 6.07) is 15.1. The number of fused-ring (bicyclic) bond motifs is 2. The third-order valence-corrected chi connectivity index (χ3v) is 6.00. The number of benzene rings is 2. The van der Waals surface area contributed by atoms with Crippen molar-refractivity contribution in [3.05, 3.63) is 84.7 Å². The molecule has 0 unspecified atom stereocenters. The number of rotatable bonds is 4. The van der Waals surface area contributed by atoms with Crippen LogP contribution in [0.4, 0.5) is 4.39 Å². The molecular weight excluding hydrogens is 429 g/mol. The minimum Gasteiger partial charge on any atom is -0.495 e. The van der Waals surface area contributed by atoms with Gasteiger partial charge in [0.05, 0.1) is 36.2 Å². The molecule has 0 fully saturated rings. The Bertz CT molecular complexity index is 1660. The predicted molar refractivity (Wildman–Crippen MR) is 131 cm³/mol. The molecule has 4 heterocycles. The van der Waals surface area contributed by atoms with Crippen LogP contribution in [0, 0.1) is 12.7 Å². The fourth-order valence-electron chi connectivity index (χ4n) is 4.39. The van der Waals surface area contributed by atoms with E-state index >= 15 is 0 Å². The van der Waals surface area contributed by atoms with Crippen LogP contribution in [-0.4, -0.2) is 32.3 Å². The summed E-state index contributed by atoms with van der Waals surface area (Å²) in [5, 5.41) is 9.63. The number of pyridine rings is 2. The van der Waals surface area contributed by atoms with E-state index in [0.717, 1.165) is 61.0 Å². The Labute approximate surface area is 194 Å². The van der Waals surface area contributed by atoms with Crippen molar-refractivity contribution in [1.82, 2.24) is 25.1 Å². The summed E-state index contributed by atoms with van der Waals surface area (Å²) in [4.78, 5) is 12.1. The zero-order valence-corrected chi connectivity index (χ0v) is 18.6. The number of aromatic amines is 2. The Balaban J connectivity index is 1.49. The summed E-state index contributed by atoms with van der Waals surface area (Å²) in [7, 11) is 1.63. The summed E-state index contributed by atoms with van der Waals surface area (Å²) < 4.78 is 19.4. The maximum absolute atomic E-state index is 14.1. The first kappa shape index (κ1) is 20.1. The smallest absolute Gasteiger partial charge is 0.137 e. The van der Waals surface area contributed by atoms with E-state index in [9.17, 15) is 4.39 Å². The summed E-state index contributed by atoms with van der Waals surface area (Å²) >= 11 is 0. The monoisotopic (exact) mass is 449 g/mol. The van der Waals surface area contributed by atoms with E-state index in [-0.39, 0.29) is 5.82 Å². The molecule has 0 aliphatic carbocycles. The first-order chi connectivity index (χ1) is 16.6. The molecule has 0 spiro atoms. The highest BCUT2D eigenvalue weighted by atomic mass is 19.1. The number of methoxy groups -OCH3 is 1. The van der Waals surface area contributed by atoms with Crippen molar-refractivity contribution in [2.24, 2.45) is 0 Å². The maximum Gasteiger partial charge on any atom is 0.137 e. The number of nitrogens with zero attached hydrogens (tertiary/aromatic N) is 3. The van der Waals surface area contributed by atoms with Gasteiger partial charge in [-0.15, -0.1) is 0 Å². The van der Waals surface area contributed by atoms with Crippen molar-refractivity contribution in [2.75, 3.05) is 7.11 Å². The van der Waals surface area contributed by atoms with Crippen molar-refractivity contribution in [1.29, 1.82) is 0 Å². The molecule has 6 aromatic rings. The van der Waals surface area contributed by atoms with Gasteiger partial charge in [-0.3, -0.25) is 15.1 Å². The molecular formula is C27H20FN5O. The van der Waals surface area contributed by atoms with Crippen LogP contribution < -0.4 is 4.74 Å². The molecule has 0 saturated carbocycles. The topological polar surface area (TPSA) is 79.5 Å². The lowest BCUT2D eigenvalue weighted by Crippen LogP contribution is -1.86. The van der Waals surface area contributed by atoms with Crippen molar-refractivity contribution >= 4 is 21.8 Å². The second kappa shape index (κ2) is 7.81. The molecule has 0 atom stereocenters. The second-order valence-electron chi connectivity index (χ2n) is 8.29. The quantitative estimate of drug-likeness (QED) is 0.331. The molecule has 0 aliphatic heterocycles. The molecule has 0 radical (unpaired) electrons. The lowest BCUT2D eigenvalue weighted by Gasteiger charge is -2.05. The summed E-state index contributed by atoms with van der Waals surface area (Å²) in [6.07, 6.45) is 7.04. The third kappa shape index (κ3) is 3.38. The van der Waals surface area contributed by atoms with Crippen LogP contribution in [0.1, 0.15) is 5.56 Å². The molecule has 6 nitrogen and oxygen atoms in total. The second-order valence-corrected chi connectivity index (χ2v) is 8.29. The SMILES string of the molecule is COc1cncc(-c2ccc3[nH]nc(-c4cc5c(-c6cc(C)cc(F)c6)cncc5[nH]4)c3c2)c1. The number of halogens is 1. The van der Waals surface area contributed by atoms with Gasteiger partial charge in [0.2, 0.25) is 0 Å². The summed E-state index contributed by atoms with van der Waals surface area (Å²) in [6.45, 7) is 1.88. The van der Waals surface area contributed by atoms with Gasteiger partial charge < -0.3 is 9.72 Å². The van der Waals surface area contributed by atoms with Crippen molar-refractivity contribution in [2.45, 2.75) is 6.92 Å². The predicted octanol–water partition coefficient (Wildman–Crippen LogP) is 6.29. The summed E-state index contributed by atoms with van der Waals surface area (Å²) in [5.41, 5.74) is 7.92. The lowest BCUT2D eigenvalue weighted by molar-refractivity contribution is 0.413. The minimum absolute atomic E-state index is 0.263. The van der Waals surface area contributed by atoms with Crippen LogP contribution in [0.2, 0.25) is 0 Å². The van der Waals surface area contributed by atoms with E-state index in [1.165, 1.54) is 12.1 Å². The number of H-pyrrole nitrogens is 2. The normalized spacial score (nSPS) is 11.4. The third-order valence-electron chi connectivity index (χ3n) is 6.00. The highest BCUT2D eigenvalue weighted by molar-refractivity contribution is 6.01. The van der Waals surface area contributed by atoms with E-state index in [1.807, 2.05) is 43.5 Å². The molecule has 0 saturated heterocycles. The molecule has 0 bridgehead atoms. The van der Waals surface area contributed by atoms with Crippen molar-refractivity contribution < 1.29 is 9.13 Å². The largest absolute Gasteiger partial charge is 0.495 e. The fraction of sp³-hybridized carbons (Fsp3) is 0.0741. The fourth-order valence-corrected chi connectivity index (χ4v) is 4.39. The molecule has 0 aliphatic rings. The van der Waals surface area contributed by atoms with Gasteiger partial charge in [0, 0.05) is 34.3 Å². The van der Waals surface area contributed by atoms with Crippen LogP contribution in [0.15, 0.2) is 73.3 Å². The zero-order valence-electron chi connectivity index (χ0n) is 18.6. The van der Waals surface area contributed by atoms with Crippen LogP contribution in [-0.2, 0) is 0 Å². The number of hydrogen-bond donors (Lipinski definition) is 2. The van der Waals surface area contributed by atoms with E-state index in [0.29, 0.717) is 5.75 Å². The highest BCUT2D eigenvalue weighted by Gasteiger charge is 2.15. The summed E-state index contributed by atoms with van der Waals surface area (Å²) in [5.74, 6) is 0.439. The number of aryl methyl sites for hydroxylation is 1. The molecule has 6 rings (SSSR count). The lowest BCUT2D eigenvalue weighted by atomic mass is 10.0. The average Bonchev–Trinajstić information content (AvgIpc) is 3.46. The van der Waals surface area contributed by atoms with Gasteiger partial charge in [0.15, 0.2) is 0 Å².